The summed E-state index contributed by atoms with van der Waals surface area (Å²) in [6, 6.07) is -1.02. The summed E-state index contributed by atoms with van der Waals surface area (Å²) in [5, 5.41) is 34.1. The van der Waals surface area contributed by atoms with Crippen LogP contribution >= 0.6 is 7.82 Å². The van der Waals surface area contributed by atoms with Gasteiger partial charge < -0.3 is 57.0 Å². The van der Waals surface area contributed by atoms with Crippen LogP contribution in [-0.4, -0.2) is 127 Å². The van der Waals surface area contributed by atoms with E-state index in [1.54, 1.807) is 0 Å². The molecular formula is C28H43N6O12P. The Morgan fingerprint density at radius 1 is 1.00 bits per heavy atom. The number of benzene rings is 1. The van der Waals surface area contributed by atoms with Crippen LogP contribution in [0.15, 0.2) is 24.3 Å². The number of β-amino-alcohol motifs (C(OH)–C–C–N with tert-alkyl or cyclic N) is 1. The number of phenols is 1. The SMILES string of the molecule is NCCCC[C@H](N)C(=O)N1CCC[C@H]1C(=O)N[C@@H](COP(=O)(O)O)C(=O)N[C@@H](Cc1ccc(O)cc1)C(=O)N1C[C@H](O)C[C@H]1C(=O)O. The number of amides is 4. The van der Waals surface area contributed by atoms with Gasteiger partial charge in [-0.1, -0.05) is 18.6 Å². The number of phenolic OH excluding ortho intramolecular Hbond substituents is 1. The van der Waals surface area contributed by atoms with Crippen molar-refractivity contribution in [2.45, 2.75) is 81.3 Å². The fourth-order valence-electron chi connectivity index (χ4n) is 5.60. The number of aliphatic hydroxyl groups is 1. The number of nitrogens with one attached hydrogen (secondary N) is 2. The van der Waals surface area contributed by atoms with E-state index in [1.807, 2.05) is 0 Å². The average Bonchev–Trinajstić information content (AvgIpc) is 3.66. The molecule has 0 bridgehead atoms. The number of aliphatic hydroxyl groups excluding tert-OH is 1. The molecule has 19 heteroatoms. The lowest BCUT2D eigenvalue weighted by atomic mass is 10.0. The van der Waals surface area contributed by atoms with Gasteiger partial charge in [0, 0.05) is 25.9 Å². The molecule has 0 unspecified atom stereocenters. The van der Waals surface area contributed by atoms with E-state index in [0.717, 1.165) is 4.90 Å². The number of carbonyl (C=O) groups excluding carboxylic acids is 4. The smallest absolute Gasteiger partial charge is 0.469 e. The van der Waals surface area contributed by atoms with Crippen LogP contribution in [-0.2, 0) is 39.5 Å². The number of nitrogens with two attached hydrogens (primary N) is 2. The van der Waals surface area contributed by atoms with Crippen molar-refractivity contribution in [1.29, 1.82) is 0 Å². The minimum atomic E-state index is -5.15. The molecule has 2 saturated heterocycles. The summed E-state index contributed by atoms with van der Waals surface area (Å²) < 4.78 is 16.0. The predicted octanol–water partition coefficient (Wildman–Crippen LogP) is -2.49. The molecule has 18 nitrogen and oxygen atoms in total. The standard InChI is InChI=1S/C28H43N6O12P/c29-10-2-1-4-19(30)26(39)33-11-3-5-22(33)25(38)32-21(15-46-47(43,44)45)24(37)31-20(12-16-6-8-17(35)9-7-16)27(40)34-14-18(36)13-23(34)28(41)42/h6-9,18-23,35-36H,1-5,10-15,29-30H2,(H,31,37)(H,32,38)(H,41,42)(H2,43,44,45)/t18-,19+,20+,21+,22+,23+/m1/s1. The van der Waals surface area contributed by atoms with Crippen LogP contribution in [0.3, 0.4) is 0 Å². The van der Waals surface area contributed by atoms with Crippen LogP contribution in [0.2, 0.25) is 0 Å². The number of carboxylic acid groups (broad SMARTS) is 1. The quantitative estimate of drug-likeness (QED) is 0.0642. The zero-order valence-electron chi connectivity index (χ0n) is 25.6. The third-order valence-corrected chi connectivity index (χ3v) is 8.49. The number of likely N-dealkylation sites (tertiary alicyclic amines) is 2. The normalized spacial score (nSPS) is 21.6. The Balaban J connectivity index is 1.83. The third-order valence-electron chi connectivity index (χ3n) is 8.01. The first-order valence-electron chi connectivity index (χ1n) is 15.2. The van der Waals surface area contributed by atoms with Gasteiger partial charge in [0.15, 0.2) is 0 Å². The Hall–Kier alpha value is -3.64. The number of hydrogen-bond acceptors (Lipinski definition) is 11. The van der Waals surface area contributed by atoms with Gasteiger partial charge in [0.1, 0.15) is 29.9 Å². The first-order valence-corrected chi connectivity index (χ1v) is 16.7. The van der Waals surface area contributed by atoms with Crippen molar-refractivity contribution in [3.63, 3.8) is 0 Å². The van der Waals surface area contributed by atoms with Crippen molar-refractivity contribution in [3.8, 4) is 5.75 Å². The molecule has 4 amide bonds. The zero-order chi connectivity index (χ0) is 34.9. The van der Waals surface area contributed by atoms with E-state index in [2.05, 4.69) is 15.2 Å². The number of phosphoric ester groups is 1. The van der Waals surface area contributed by atoms with Crippen LogP contribution < -0.4 is 22.1 Å². The Morgan fingerprint density at radius 2 is 1.68 bits per heavy atom. The topological polar surface area (TPSA) is 295 Å². The maximum atomic E-state index is 13.6. The van der Waals surface area contributed by atoms with Crippen LogP contribution in [0.1, 0.15) is 44.1 Å². The minimum absolute atomic E-state index is 0.0809. The lowest BCUT2D eigenvalue weighted by Crippen LogP contribution is -2.59. The largest absolute Gasteiger partial charge is 0.508 e. The van der Waals surface area contributed by atoms with E-state index in [9.17, 15) is 53.6 Å². The van der Waals surface area contributed by atoms with Gasteiger partial charge in [0.25, 0.3) is 0 Å². The summed E-state index contributed by atoms with van der Waals surface area (Å²) >= 11 is 0. The second-order valence-electron chi connectivity index (χ2n) is 11.6. The van der Waals surface area contributed by atoms with E-state index >= 15 is 0 Å². The molecule has 1 aromatic carbocycles. The molecule has 1 aromatic rings. The molecule has 3 rings (SSSR count). The van der Waals surface area contributed by atoms with Gasteiger partial charge in [0.2, 0.25) is 23.6 Å². The lowest BCUT2D eigenvalue weighted by molar-refractivity contribution is -0.149. The Labute approximate surface area is 270 Å². The lowest BCUT2D eigenvalue weighted by Gasteiger charge is -2.30. The number of rotatable bonds is 16. The van der Waals surface area contributed by atoms with Crippen molar-refractivity contribution in [2.75, 3.05) is 26.2 Å². The zero-order valence-corrected chi connectivity index (χ0v) is 26.5. The molecule has 47 heavy (non-hydrogen) atoms. The molecule has 0 aromatic heterocycles. The summed E-state index contributed by atoms with van der Waals surface area (Å²) in [6.45, 7) is -0.717. The first kappa shape index (κ1) is 37.8. The van der Waals surface area contributed by atoms with Gasteiger partial charge in [-0.2, -0.15) is 0 Å². The van der Waals surface area contributed by atoms with Crippen molar-refractivity contribution in [1.82, 2.24) is 20.4 Å². The monoisotopic (exact) mass is 686 g/mol. The Kier molecular flexibility index (Phi) is 13.6. The molecule has 6 atom stereocenters. The predicted molar refractivity (Wildman–Crippen MR) is 163 cm³/mol. The molecule has 11 N–H and O–H groups in total. The second-order valence-corrected chi connectivity index (χ2v) is 12.8. The number of aromatic hydroxyl groups is 1. The number of phosphoric acid groups is 1. The van der Waals surface area contributed by atoms with E-state index < -0.39 is 80.3 Å². The fourth-order valence-corrected chi connectivity index (χ4v) is 5.95. The molecule has 2 aliphatic heterocycles. The van der Waals surface area contributed by atoms with Gasteiger partial charge in [-0.3, -0.25) is 23.7 Å². The van der Waals surface area contributed by atoms with Crippen molar-refractivity contribution >= 4 is 37.4 Å². The number of unbranched alkanes of at least 4 members (excludes halogenated alkanes) is 1. The molecule has 0 saturated carbocycles. The van der Waals surface area contributed by atoms with E-state index in [-0.39, 0.29) is 38.1 Å². The van der Waals surface area contributed by atoms with Crippen molar-refractivity contribution < 1.29 is 58.2 Å². The molecule has 0 spiro atoms. The highest BCUT2D eigenvalue weighted by Crippen LogP contribution is 2.35. The number of carbonyl (C=O) groups is 5. The molecule has 2 heterocycles. The van der Waals surface area contributed by atoms with Gasteiger partial charge in [0.05, 0.1) is 18.8 Å². The van der Waals surface area contributed by atoms with E-state index in [1.165, 1.54) is 29.2 Å². The molecule has 262 valence electrons. The summed E-state index contributed by atoms with van der Waals surface area (Å²) in [4.78, 5) is 86.3. The first-order chi connectivity index (χ1) is 22.1. The number of hydrogen-bond donors (Lipinski definition) is 9. The summed E-state index contributed by atoms with van der Waals surface area (Å²) in [7, 11) is -5.15. The molecule has 2 fully saturated rings. The third kappa shape index (κ3) is 11.0. The van der Waals surface area contributed by atoms with Crippen LogP contribution in [0, 0.1) is 0 Å². The molecule has 0 radical (unpaired) electrons. The van der Waals surface area contributed by atoms with Crippen molar-refractivity contribution in [3.05, 3.63) is 29.8 Å². The van der Waals surface area contributed by atoms with Crippen LogP contribution in [0.5, 0.6) is 5.75 Å². The minimum Gasteiger partial charge on any atom is -0.508 e. The maximum Gasteiger partial charge on any atom is 0.469 e. The van der Waals surface area contributed by atoms with Gasteiger partial charge in [-0.25, -0.2) is 9.36 Å². The molecule has 0 aliphatic carbocycles. The average molecular weight is 687 g/mol. The summed E-state index contributed by atoms with van der Waals surface area (Å²) in [5.74, 6) is -4.75. The maximum absolute atomic E-state index is 13.6. The van der Waals surface area contributed by atoms with Crippen molar-refractivity contribution in [2.24, 2.45) is 11.5 Å². The van der Waals surface area contributed by atoms with E-state index in [4.69, 9.17) is 11.5 Å². The van der Waals surface area contributed by atoms with Gasteiger partial charge in [-0.15, -0.1) is 0 Å². The van der Waals surface area contributed by atoms with Gasteiger partial charge in [-0.05, 0) is 49.9 Å². The second kappa shape index (κ2) is 17.0. The molecular weight excluding hydrogens is 643 g/mol. The number of nitrogens with zero attached hydrogens (tertiary/aromatic N) is 2. The Bertz CT molecular complexity index is 1330. The Morgan fingerprint density at radius 3 is 2.30 bits per heavy atom. The highest BCUT2D eigenvalue weighted by atomic mass is 31.2. The summed E-state index contributed by atoms with van der Waals surface area (Å²) in [6.07, 6.45) is 0.659. The molecule has 2 aliphatic rings. The number of aliphatic carboxylic acids is 1. The van der Waals surface area contributed by atoms with Crippen LogP contribution in [0.25, 0.3) is 0 Å². The highest BCUT2D eigenvalue weighted by Gasteiger charge is 2.43. The summed E-state index contributed by atoms with van der Waals surface area (Å²) in [5.41, 5.74) is 12.0. The van der Waals surface area contributed by atoms with Gasteiger partial charge >= 0.3 is 13.8 Å². The van der Waals surface area contributed by atoms with E-state index in [0.29, 0.717) is 37.8 Å². The number of carboxylic acids is 1. The highest BCUT2D eigenvalue weighted by molar-refractivity contribution is 7.46. The fraction of sp³-hybridized carbons (Fsp3) is 0.607. The van der Waals surface area contributed by atoms with Crippen LogP contribution in [0.4, 0.5) is 0 Å².